The molecule has 8 heteroatoms. The molecule has 0 unspecified atom stereocenters. The number of thioether (sulfide) groups is 1. The van der Waals surface area contributed by atoms with Crippen molar-refractivity contribution in [2.75, 3.05) is 12.9 Å². The number of ether oxygens (including phenoxy) is 1. The third-order valence-corrected chi connectivity index (χ3v) is 3.46. The molecule has 7 nitrogen and oxygen atoms in total. The highest BCUT2D eigenvalue weighted by molar-refractivity contribution is 8.15. The monoisotopic (exact) mass is 319 g/mol. The van der Waals surface area contributed by atoms with Crippen LogP contribution in [0.3, 0.4) is 0 Å². The number of carbonyl (C=O) groups excluding carboxylic acids is 2. The van der Waals surface area contributed by atoms with Gasteiger partial charge in [-0.05, 0) is 23.8 Å². The highest BCUT2D eigenvalue weighted by Crippen LogP contribution is 2.18. The number of benzene rings is 1. The molecule has 1 fully saturated rings. The molecule has 2 N–H and O–H groups in total. The van der Waals surface area contributed by atoms with E-state index in [-0.39, 0.29) is 11.7 Å². The Morgan fingerprint density at radius 3 is 3.00 bits per heavy atom. The topological polar surface area (TPSA) is 100 Å². The number of amidine groups is 1. The number of hydrogen-bond donors (Lipinski definition) is 2. The SMILES string of the molecule is COC(=O)C=Cc1ccc(O)c(C=NN=C2NC(=O)CS2)c1. The third kappa shape index (κ3) is 4.45. The molecule has 1 aromatic carbocycles. The molecule has 0 aliphatic carbocycles. The van der Waals surface area contributed by atoms with E-state index in [0.717, 1.165) is 0 Å². The molecular weight excluding hydrogens is 306 g/mol. The Balaban J connectivity index is 2.11. The number of phenols is 1. The van der Waals surface area contributed by atoms with Gasteiger partial charge in [0, 0.05) is 11.6 Å². The molecule has 0 aromatic heterocycles. The molecular formula is C14H13N3O4S. The van der Waals surface area contributed by atoms with Crippen LogP contribution in [0.4, 0.5) is 0 Å². The Morgan fingerprint density at radius 1 is 1.50 bits per heavy atom. The van der Waals surface area contributed by atoms with E-state index >= 15 is 0 Å². The third-order valence-electron chi connectivity index (χ3n) is 2.60. The van der Waals surface area contributed by atoms with E-state index < -0.39 is 5.97 Å². The van der Waals surface area contributed by atoms with Crippen molar-refractivity contribution in [2.24, 2.45) is 10.2 Å². The molecule has 0 radical (unpaired) electrons. The lowest BCUT2D eigenvalue weighted by Gasteiger charge is -2.00. The summed E-state index contributed by atoms with van der Waals surface area (Å²) in [6.45, 7) is 0. The van der Waals surface area contributed by atoms with Crippen LogP contribution in [0.1, 0.15) is 11.1 Å². The van der Waals surface area contributed by atoms with Crippen LogP contribution in [0.5, 0.6) is 5.75 Å². The van der Waals surface area contributed by atoms with Crippen LogP contribution in [0.25, 0.3) is 6.08 Å². The van der Waals surface area contributed by atoms with E-state index in [2.05, 4.69) is 20.3 Å². The van der Waals surface area contributed by atoms with Gasteiger partial charge in [0.2, 0.25) is 5.91 Å². The molecule has 1 amide bonds. The molecule has 0 spiro atoms. The molecule has 22 heavy (non-hydrogen) atoms. The first-order valence-electron chi connectivity index (χ1n) is 6.21. The number of rotatable bonds is 4. The predicted molar refractivity (Wildman–Crippen MR) is 84.8 cm³/mol. The van der Waals surface area contributed by atoms with E-state index in [9.17, 15) is 14.7 Å². The van der Waals surface area contributed by atoms with Gasteiger partial charge in [0.05, 0.1) is 19.1 Å². The van der Waals surface area contributed by atoms with Crippen LogP contribution in [-0.4, -0.2) is 41.2 Å². The van der Waals surface area contributed by atoms with Crippen LogP contribution in [0.2, 0.25) is 0 Å². The van der Waals surface area contributed by atoms with Crippen molar-refractivity contribution in [3.8, 4) is 5.75 Å². The number of amides is 1. The quantitative estimate of drug-likeness (QED) is 0.375. The van der Waals surface area contributed by atoms with Gasteiger partial charge in [0.1, 0.15) is 5.75 Å². The van der Waals surface area contributed by atoms with Gasteiger partial charge >= 0.3 is 5.97 Å². The number of nitrogens with one attached hydrogen (secondary N) is 1. The second-order valence-corrected chi connectivity index (χ2v) is 5.13. The first kappa shape index (κ1) is 15.8. The highest BCUT2D eigenvalue weighted by atomic mass is 32.2. The fraction of sp³-hybridized carbons (Fsp3) is 0.143. The van der Waals surface area contributed by atoms with Crippen molar-refractivity contribution in [2.45, 2.75) is 0 Å². The molecule has 1 aliphatic heterocycles. The molecule has 1 heterocycles. The molecule has 1 aromatic rings. The van der Waals surface area contributed by atoms with Crippen LogP contribution in [0, 0.1) is 0 Å². The van der Waals surface area contributed by atoms with Gasteiger partial charge in [0.25, 0.3) is 0 Å². The van der Waals surface area contributed by atoms with Crippen LogP contribution in [-0.2, 0) is 14.3 Å². The number of methoxy groups -OCH3 is 1. The second kappa shape index (κ2) is 7.41. The molecule has 1 aliphatic rings. The molecule has 2 rings (SSSR count). The second-order valence-electron chi connectivity index (χ2n) is 4.16. The Labute approximate surface area is 130 Å². The lowest BCUT2D eigenvalue weighted by atomic mass is 10.1. The van der Waals surface area contributed by atoms with E-state index in [0.29, 0.717) is 22.0 Å². The van der Waals surface area contributed by atoms with Crippen LogP contribution < -0.4 is 5.32 Å². The summed E-state index contributed by atoms with van der Waals surface area (Å²) >= 11 is 1.26. The minimum Gasteiger partial charge on any atom is -0.507 e. The zero-order chi connectivity index (χ0) is 15.9. The lowest BCUT2D eigenvalue weighted by Crippen LogP contribution is -2.19. The molecule has 0 saturated carbocycles. The largest absolute Gasteiger partial charge is 0.507 e. The maximum atomic E-state index is 11.0. The maximum Gasteiger partial charge on any atom is 0.330 e. The van der Waals surface area contributed by atoms with Gasteiger partial charge < -0.3 is 15.2 Å². The summed E-state index contributed by atoms with van der Waals surface area (Å²) in [5.41, 5.74) is 1.13. The Bertz CT molecular complexity index is 683. The van der Waals surface area contributed by atoms with E-state index in [1.807, 2.05) is 0 Å². The normalized spacial score (nSPS) is 16.6. The van der Waals surface area contributed by atoms with Crippen molar-refractivity contribution in [1.82, 2.24) is 5.32 Å². The fourth-order valence-electron chi connectivity index (χ4n) is 1.54. The number of esters is 1. The standard InChI is InChI=1S/C14H13N3O4S/c1-21-13(20)5-3-9-2-4-11(18)10(6-9)7-15-17-14-16-12(19)8-22-14/h2-7,18H,8H2,1H3,(H,16,17,19). The minimum absolute atomic E-state index is 0.0299. The summed E-state index contributed by atoms with van der Waals surface area (Å²) in [4.78, 5) is 22.0. The van der Waals surface area contributed by atoms with Gasteiger partial charge in [-0.2, -0.15) is 5.10 Å². The lowest BCUT2D eigenvalue weighted by molar-refractivity contribution is -0.134. The maximum absolute atomic E-state index is 11.0. The summed E-state index contributed by atoms with van der Waals surface area (Å²) in [5, 5.41) is 20.4. The summed E-state index contributed by atoms with van der Waals surface area (Å²) in [6, 6.07) is 4.77. The summed E-state index contributed by atoms with van der Waals surface area (Å²) < 4.78 is 4.50. The zero-order valence-electron chi connectivity index (χ0n) is 11.6. The van der Waals surface area contributed by atoms with Gasteiger partial charge in [-0.25, -0.2) is 4.79 Å². The first-order chi connectivity index (χ1) is 10.6. The Morgan fingerprint density at radius 2 is 2.32 bits per heavy atom. The van der Waals surface area contributed by atoms with Crippen molar-refractivity contribution in [1.29, 1.82) is 0 Å². The van der Waals surface area contributed by atoms with E-state index in [1.54, 1.807) is 18.2 Å². The van der Waals surface area contributed by atoms with Crippen molar-refractivity contribution < 1.29 is 19.4 Å². The average molecular weight is 319 g/mol. The van der Waals surface area contributed by atoms with Crippen molar-refractivity contribution in [3.05, 3.63) is 35.4 Å². The highest BCUT2D eigenvalue weighted by Gasteiger charge is 2.15. The summed E-state index contributed by atoms with van der Waals surface area (Å²) in [7, 11) is 1.29. The molecule has 1 saturated heterocycles. The van der Waals surface area contributed by atoms with Gasteiger partial charge in [-0.1, -0.05) is 17.8 Å². The zero-order valence-corrected chi connectivity index (χ0v) is 12.5. The Hall–Kier alpha value is -2.61. The minimum atomic E-state index is -0.469. The van der Waals surface area contributed by atoms with Crippen molar-refractivity contribution in [3.63, 3.8) is 0 Å². The van der Waals surface area contributed by atoms with Gasteiger partial charge in [0.15, 0.2) is 5.17 Å². The molecule has 0 bridgehead atoms. The first-order valence-corrected chi connectivity index (χ1v) is 7.20. The molecule has 0 atom stereocenters. The van der Waals surface area contributed by atoms with Crippen LogP contribution in [0.15, 0.2) is 34.5 Å². The number of aromatic hydroxyl groups is 1. The summed E-state index contributed by atoms with van der Waals surface area (Å²) in [5.74, 6) is -0.226. The number of carbonyl (C=O) groups is 2. The number of hydrogen-bond acceptors (Lipinski definition) is 7. The van der Waals surface area contributed by atoms with Crippen molar-refractivity contribution >= 4 is 41.1 Å². The van der Waals surface area contributed by atoms with Gasteiger partial charge in [-0.3, -0.25) is 4.79 Å². The Kier molecular flexibility index (Phi) is 5.31. The summed E-state index contributed by atoms with van der Waals surface area (Å²) in [6.07, 6.45) is 4.20. The fourth-order valence-corrected chi connectivity index (χ4v) is 2.17. The molecule has 114 valence electrons. The van der Waals surface area contributed by atoms with Gasteiger partial charge in [-0.15, -0.1) is 5.10 Å². The average Bonchev–Trinajstić information content (AvgIpc) is 2.92. The van der Waals surface area contributed by atoms with Crippen LogP contribution >= 0.6 is 11.8 Å². The number of phenolic OH excluding ortho intramolecular Hbond substituents is 1. The van der Waals surface area contributed by atoms with E-state index in [1.165, 1.54) is 37.2 Å². The van der Waals surface area contributed by atoms with E-state index in [4.69, 9.17) is 0 Å². The number of nitrogens with zero attached hydrogens (tertiary/aromatic N) is 2. The predicted octanol–water partition coefficient (Wildman–Crippen LogP) is 1.13. The smallest absolute Gasteiger partial charge is 0.330 e.